The van der Waals surface area contributed by atoms with Gasteiger partial charge >= 0.3 is 12.4 Å². The first-order valence-corrected chi connectivity index (χ1v) is 10.9. The van der Waals surface area contributed by atoms with Crippen molar-refractivity contribution >= 4 is 11.6 Å². The van der Waals surface area contributed by atoms with E-state index in [4.69, 9.17) is 9.47 Å². The van der Waals surface area contributed by atoms with Gasteiger partial charge in [-0.2, -0.15) is 26.3 Å². The Bertz CT molecular complexity index is 1050. The van der Waals surface area contributed by atoms with Crippen LogP contribution >= 0.6 is 0 Å². The van der Waals surface area contributed by atoms with Crippen LogP contribution in [0.4, 0.5) is 26.3 Å². The number of Topliss-reactive ketones (excluding diaryl/α,β-unsaturated/α-hetero) is 1. The highest BCUT2D eigenvalue weighted by Crippen LogP contribution is 2.30. The van der Waals surface area contributed by atoms with Gasteiger partial charge in [-0.25, -0.2) is 0 Å². The topological polar surface area (TPSA) is 59.1 Å². The first-order chi connectivity index (χ1) is 17.4. The molecule has 212 valence electrons. The van der Waals surface area contributed by atoms with Gasteiger partial charge in [0.2, 0.25) is 6.41 Å². The fourth-order valence-corrected chi connectivity index (χ4v) is 2.59. The van der Waals surface area contributed by atoms with E-state index in [0.717, 1.165) is 24.3 Å². The Kier molecular flexibility index (Phi) is 14.6. The largest absolute Gasteiger partial charge is 0.416 e. The average molecular weight is 551 g/mol. The van der Waals surface area contributed by atoms with Gasteiger partial charge in [0.15, 0.2) is 11.6 Å². The fraction of sp³-hybridized carbons (Fsp3) is 0.385. The van der Waals surface area contributed by atoms with Gasteiger partial charge in [0.1, 0.15) is 0 Å². The Hall–Kier alpha value is -3.22. The summed E-state index contributed by atoms with van der Waals surface area (Å²) in [4.78, 5) is 25.8. The maximum Gasteiger partial charge on any atom is 0.416 e. The van der Waals surface area contributed by atoms with Crippen molar-refractivity contribution in [2.75, 3.05) is 42.4 Å². The van der Waals surface area contributed by atoms with Crippen molar-refractivity contribution < 1.29 is 45.4 Å². The zero-order valence-electron chi connectivity index (χ0n) is 22.1. The molecular weight excluding hydrogens is 518 g/mol. The van der Waals surface area contributed by atoms with Crippen LogP contribution in [0.2, 0.25) is 0 Å². The van der Waals surface area contributed by atoms with Crippen LogP contribution in [0.5, 0.6) is 0 Å². The molecule has 0 spiro atoms. The Labute approximate surface area is 218 Å². The lowest BCUT2D eigenvalue weighted by atomic mass is 10.1. The summed E-state index contributed by atoms with van der Waals surface area (Å²) in [6.07, 6.45) is -6.31. The molecule has 0 saturated carbocycles. The summed E-state index contributed by atoms with van der Waals surface area (Å²) in [5.41, 5.74) is -1.51. The smallest absolute Gasteiger partial charge is 0.383 e. The quantitative estimate of drug-likeness (QED) is 0.183. The number of ether oxygens (including phenoxy) is 2. The third-order valence-corrected chi connectivity index (χ3v) is 4.42. The molecule has 0 unspecified atom stereocenters. The lowest BCUT2D eigenvalue weighted by Gasteiger charge is -2.19. The predicted molar refractivity (Wildman–Crippen MR) is 132 cm³/mol. The molecule has 0 amide bonds. The average Bonchev–Trinajstić information content (AvgIpc) is 2.83. The van der Waals surface area contributed by atoms with Crippen molar-refractivity contribution in [1.82, 2.24) is 9.80 Å². The van der Waals surface area contributed by atoms with Crippen molar-refractivity contribution in [3.05, 3.63) is 83.1 Å². The monoisotopic (exact) mass is 550 g/mol. The lowest BCUT2D eigenvalue weighted by molar-refractivity contribution is -0.179. The van der Waals surface area contributed by atoms with E-state index in [-0.39, 0.29) is 23.3 Å². The third kappa shape index (κ3) is 13.4. The number of hydrogen-bond acceptors (Lipinski definition) is 6. The number of nitrogens with zero attached hydrogens (tertiary/aromatic N) is 2. The summed E-state index contributed by atoms with van der Waals surface area (Å²) >= 11 is 0. The highest BCUT2D eigenvalue weighted by Gasteiger charge is 2.31. The molecule has 12 heteroatoms. The van der Waals surface area contributed by atoms with E-state index in [1.807, 2.05) is 19.0 Å². The molecule has 0 heterocycles. The van der Waals surface area contributed by atoms with Gasteiger partial charge in [-0.3, -0.25) is 14.5 Å². The van der Waals surface area contributed by atoms with Crippen LogP contribution in [0.15, 0.2) is 60.8 Å². The predicted octanol–water partition coefficient (Wildman–Crippen LogP) is 6.00. The minimum Gasteiger partial charge on any atom is -0.383 e. The minimum atomic E-state index is -4.43. The van der Waals surface area contributed by atoms with Crippen LogP contribution in [0.25, 0.3) is 0 Å². The molecule has 0 bridgehead atoms. The Morgan fingerprint density at radius 3 is 1.53 bits per heavy atom. The van der Waals surface area contributed by atoms with E-state index in [0.29, 0.717) is 0 Å². The zero-order chi connectivity index (χ0) is 29.7. The van der Waals surface area contributed by atoms with E-state index < -0.39 is 29.3 Å². The maximum atomic E-state index is 12.4. The molecular formula is C26H32F6N2O4. The second-order valence-electron chi connectivity index (χ2n) is 8.10. The second kappa shape index (κ2) is 15.9. The van der Waals surface area contributed by atoms with Crippen molar-refractivity contribution in [2.45, 2.75) is 25.7 Å². The number of methoxy groups -OCH3 is 2. The summed E-state index contributed by atoms with van der Waals surface area (Å²) in [7, 11) is 10.4. The molecule has 0 fully saturated rings. The number of allylic oxidation sites excluding steroid dienone is 1. The van der Waals surface area contributed by atoms with Crippen LogP contribution in [0.1, 0.15) is 38.8 Å². The third-order valence-electron chi connectivity index (χ3n) is 4.42. The van der Waals surface area contributed by atoms with Crippen molar-refractivity contribution in [1.29, 1.82) is 0 Å². The molecule has 2 aromatic rings. The Morgan fingerprint density at radius 1 is 0.789 bits per heavy atom. The number of carbonyl (C=O) groups is 2. The lowest BCUT2D eigenvalue weighted by Crippen LogP contribution is -2.30. The van der Waals surface area contributed by atoms with E-state index in [9.17, 15) is 35.9 Å². The number of halogens is 6. The minimum absolute atomic E-state index is 0.0259. The Balaban J connectivity index is 0.000000578. The summed E-state index contributed by atoms with van der Waals surface area (Å²) in [6.45, 7) is 1.23. The van der Waals surface area contributed by atoms with Gasteiger partial charge in [-0.1, -0.05) is 24.3 Å². The van der Waals surface area contributed by atoms with E-state index in [2.05, 4.69) is 0 Å². The standard InChI is InChI=1S/C12H12F3NO.C9H7F3O.C5H13NO2/c1-16(2)7-6-11(17)9-4-3-5-10(8-9)12(13,14)15;1-6(13)7-3-2-4-8(5-7)9(10,11)12;1-6(2)5(7-3)8-4/h3-8H,1-2H3;2-5H,1H3;5H,1-4H3/b7-6+;;. The van der Waals surface area contributed by atoms with Gasteiger partial charge < -0.3 is 14.4 Å². The summed E-state index contributed by atoms with van der Waals surface area (Å²) in [5, 5.41) is 0. The molecule has 0 aromatic heterocycles. The van der Waals surface area contributed by atoms with Crippen LogP contribution in [-0.2, 0) is 21.8 Å². The number of carbonyl (C=O) groups excluding carboxylic acids is 2. The summed E-state index contributed by atoms with van der Waals surface area (Å²) in [6, 6.07) is 8.73. The van der Waals surface area contributed by atoms with E-state index >= 15 is 0 Å². The number of hydrogen-bond donors (Lipinski definition) is 0. The molecule has 0 radical (unpaired) electrons. The van der Waals surface area contributed by atoms with Crippen molar-refractivity contribution in [3.8, 4) is 0 Å². The molecule has 2 aromatic carbocycles. The van der Waals surface area contributed by atoms with Crippen LogP contribution in [0.3, 0.4) is 0 Å². The SMILES string of the molecule is CC(=O)c1cccc(C(F)(F)F)c1.CN(C)/C=C/C(=O)c1cccc(C(F)(F)F)c1.COC(OC)N(C)C. The highest BCUT2D eigenvalue weighted by molar-refractivity contribution is 6.04. The number of ketones is 2. The molecule has 0 atom stereocenters. The summed E-state index contributed by atoms with van der Waals surface area (Å²) < 4.78 is 83.3. The van der Waals surface area contributed by atoms with Crippen LogP contribution < -0.4 is 0 Å². The van der Waals surface area contributed by atoms with Gasteiger partial charge in [0, 0.05) is 51.7 Å². The fourth-order valence-electron chi connectivity index (χ4n) is 2.59. The first-order valence-electron chi connectivity index (χ1n) is 10.9. The zero-order valence-corrected chi connectivity index (χ0v) is 22.1. The van der Waals surface area contributed by atoms with E-state index in [1.54, 1.807) is 33.2 Å². The molecule has 38 heavy (non-hydrogen) atoms. The first kappa shape index (κ1) is 34.8. The van der Waals surface area contributed by atoms with Gasteiger partial charge in [-0.05, 0) is 45.3 Å². The van der Waals surface area contributed by atoms with Crippen molar-refractivity contribution in [2.24, 2.45) is 0 Å². The van der Waals surface area contributed by atoms with E-state index in [1.165, 1.54) is 43.5 Å². The van der Waals surface area contributed by atoms with Gasteiger partial charge in [-0.15, -0.1) is 0 Å². The number of benzene rings is 2. The molecule has 2 rings (SSSR count). The highest BCUT2D eigenvalue weighted by atomic mass is 19.4. The number of rotatable bonds is 7. The molecule has 0 aliphatic carbocycles. The molecule has 0 aliphatic heterocycles. The van der Waals surface area contributed by atoms with Gasteiger partial charge in [0.25, 0.3) is 0 Å². The normalized spacial score (nSPS) is 11.6. The molecule has 0 N–H and O–H groups in total. The maximum absolute atomic E-state index is 12.4. The Morgan fingerprint density at radius 2 is 1.21 bits per heavy atom. The number of alkyl halides is 6. The van der Waals surface area contributed by atoms with Gasteiger partial charge in [0.05, 0.1) is 11.1 Å². The van der Waals surface area contributed by atoms with Crippen molar-refractivity contribution in [3.63, 3.8) is 0 Å². The molecule has 0 saturated heterocycles. The van der Waals surface area contributed by atoms with Crippen LogP contribution in [0, 0.1) is 0 Å². The van der Waals surface area contributed by atoms with Crippen LogP contribution in [-0.4, -0.2) is 70.2 Å². The molecule has 6 nitrogen and oxygen atoms in total. The molecule has 0 aliphatic rings. The second-order valence-corrected chi connectivity index (χ2v) is 8.10. The summed E-state index contributed by atoms with van der Waals surface area (Å²) in [5.74, 6) is -0.823.